The number of halogens is 2. The van der Waals surface area contributed by atoms with E-state index in [1.54, 1.807) is 11.3 Å². The zero-order valence-corrected chi connectivity index (χ0v) is 12.5. The van der Waals surface area contributed by atoms with Crippen LogP contribution in [0.3, 0.4) is 0 Å². The van der Waals surface area contributed by atoms with E-state index in [1.807, 2.05) is 24.3 Å². The minimum absolute atomic E-state index is 0.0303. The van der Waals surface area contributed by atoms with Crippen LogP contribution >= 0.6 is 34.5 Å². The summed E-state index contributed by atoms with van der Waals surface area (Å²) in [7, 11) is 0. The predicted molar refractivity (Wildman–Crippen MR) is 85.6 cm³/mol. The normalized spacial score (nSPS) is 12.7. The Hall–Kier alpha value is -1.02. The van der Waals surface area contributed by atoms with Gasteiger partial charge in [0.1, 0.15) is 0 Å². The molecule has 3 heteroatoms. The van der Waals surface area contributed by atoms with E-state index in [4.69, 9.17) is 23.2 Å². The van der Waals surface area contributed by atoms with Gasteiger partial charge in [0, 0.05) is 14.6 Å². The molecule has 0 saturated carbocycles. The lowest BCUT2D eigenvalue weighted by Gasteiger charge is -2.08. The summed E-state index contributed by atoms with van der Waals surface area (Å²) in [5.74, 6) is 0. The van der Waals surface area contributed by atoms with Crippen LogP contribution in [0.4, 0.5) is 0 Å². The molecule has 2 aromatic carbocycles. The van der Waals surface area contributed by atoms with Crippen LogP contribution in [0.2, 0.25) is 5.02 Å². The van der Waals surface area contributed by atoms with Gasteiger partial charge in [-0.25, -0.2) is 0 Å². The summed E-state index contributed by atoms with van der Waals surface area (Å²) in [5.41, 5.74) is 1.10. The van der Waals surface area contributed by atoms with Crippen molar-refractivity contribution in [2.75, 3.05) is 0 Å². The van der Waals surface area contributed by atoms with Crippen molar-refractivity contribution in [1.82, 2.24) is 0 Å². The molecule has 96 valence electrons. The maximum Gasteiger partial charge on any atom is 0.0719 e. The number of benzene rings is 2. The van der Waals surface area contributed by atoms with E-state index < -0.39 is 0 Å². The van der Waals surface area contributed by atoms with Gasteiger partial charge in [-0.1, -0.05) is 48.0 Å². The molecule has 3 rings (SSSR count). The average molecular weight is 307 g/mol. The first kappa shape index (κ1) is 13.0. The molecular formula is C16H12Cl2S. The molecule has 0 nitrogen and oxygen atoms in total. The van der Waals surface area contributed by atoms with E-state index in [9.17, 15) is 0 Å². The third kappa shape index (κ3) is 2.79. The molecule has 3 aromatic rings. The molecular weight excluding hydrogens is 295 g/mol. The molecule has 0 amide bonds. The van der Waals surface area contributed by atoms with E-state index in [0.717, 1.165) is 17.0 Å². The average Bonchev–Trinajstić information content (AvgIpc) is 2.85. The second-order valence-electron chi connectivity index (χ2n) is 4.45. The van der Waals surface area contributed by atoms with Gasteiger partial charge in [-0.15, -0.1) is 22.9 Å². The number of hydrogen-bond acceptors (Lipinski definition) is 1. The Labute approximate surface area is 126 Å². The quantitative estimate of drug-likeness (QED) is 0.515. The lowest BCUT2D eigenvalue weighted by molar-refractivity contribution is 0.941. The monoisotopic (exact) mass is 306 g/mol. The van der Waals surface area contributed by atoms with Gasteiger partial charge in [0.05, 0.1) is 5.38 Å². The third-order valence-electron chi connectivity index (χ3n) is 3.11. The highest BCUT2D eigenvalue weighted by Crippen LogP contribution is 2.35. The van der Waals surface area contributed by atoms with E-state index in [0.29, 0.717) is 0 Å². The van der Waals surface area contributed by atoms with Crippen LogP contribution in [-0.4, -0.2) is 0 Å². The molecule has 0 aliphatic heterocycles. The van der Waals surface area contributed by atoms with Gasteiger partial charge in [0.25, 0.3) is 0 Å². The Morgan fingerprint density at radius 2 is 1.74 bits per heavy atom. The predicted octanol–water partition coefficient (Wildman–Crippen LogP) is 6.08. The molecule has 0 fully saturated rings. The van der Waals surface area contributed by atoms with Crippen LogP contribution in [0.25, 0.3) is 10.1 Å². The maximum atomic E-state index is 6.54. The van der Waals surface area contributed by atoms with Crippen molar-refractivity contribution in [3.8, 4) is 0 Å². The standard InChI is InChI=1S/C16H12Cl2S/c17-13-7-3-1-5-11(13)9-14(18)16-10-12-6-2-4-8-15(12)19-16/h1-8,10,14H,9H2. The Morgan fingerprint density at radius 3 is 2.53 bits per heavy atom. The van der Waals surface area contributed by atoms with Gasteiger partial charge in [0.2, 0.25) is 0 Å². The smallest absolute Gasteiger partial charge is 0.0719 e. The van der Waals surface area contributed by atoms with Gasteiger partial charge >= 0.3 is 0 Å². The lowest BCUT2D eigenvalue weighted by Crippen LogP contribution is -1.94. The van der Waals surface area contributed by atoms with Crippen molar-refractivity contribution in [3.05, 3.63) is 70.1 Å². The first-order valence-corrected chi connectivity index (χ1v) is 7.73. The summed E-state index contributed by atoms with van der Waals surface area (Å²) >= 11 is 14.5. The first-order chi connectivity index (χ1) is 9.24. The number of alkyl halides is 1. The molecule has 0 bridgehead atoms. The van der Waals surface area contributed by atoms with Crippen molar-refractivity contribution in [1.29, 1.82) is 0 Å². The fourth-order valence-electron chi connectivity index (χ4n) is 2.11. The molecule has 0 radical (unpaired) electrons. The topological polar surface area (TPSA) is 0 Å². The largest absolute Gasteiger partial charge is 0.139 e. The van der Waals surface area contributed by atoms with E-state index in [-0.39, 0.29) is 5.38 Å². The van der Waals surface area contributed by atoms with E-state index >= 15 is 0 Å². The van der Waals surface area contributed by atoms with Crippen molar-refractivity contribution < 1.29 is 0 Å². The van der Waals surface area contributed by atoms with Crippen LogP contribution < -0.4 is 0 Å². The second-order valence-corrected chi connectivity index (χ2v) is 6.50. The van der Waals surface area contributed by atoms with Gasteiger partial charge in [-0.3, -0.25) is 0 Å². The van der Waals surface area contributed by atoms with Crippen molar-refractivity contribution >= 4 is 44.6 Å². The number of thiophene rings is 1. The highest BCUT2D eigenvalue weighted by Gasteiger charge is 2.13. The molecule has 0 aliphatic rings. The third-order valence-corrected chi connectivity index (χ3v) is 5.23. The summed E-state index contributed by atoms with van der Waals surface area (Å²) < 4.78 is 1.28. The summed E-state index contributed by atoms with van der Waals surface area (Å²) in [5, 5.41) is 2.01. The molecule has 0 spiro atoms. The number of rotatable bonds is 3. The van der Waals surface area contributed by atoms with Gasteiger partial charge in [0.15, 0.2) is 0 Å². The molecule has 1 heterocycles. The summed E-state index contributed by atoms with van der Waals surface area (Å²) in [6, 6.07) is 18.4. The SMILES string of the molecule is Clc1ccccc1CC(Cl)c1cc2ccccc2s1. The Kier molecular flexibility index (Phi) is 3.79. The summed E-state index contributed by atoms with van der Waals surface area (Å²) in [6.45, 7) is 0. The second kappa shape index (κ2) is 5.54. The molecule has 1 aromatic heterocycles. The Bertz CT molecular complexity index is 670. The van der Waals surface area contributed by atoms with Crippen molar-refractivity contribution in [3.63, 3.8) is 0 Å². The van der Waals surface area contributed by atoms with Crippen molar-refractivity contribution in [2.45, 2.75) is 11.8 Å². The molecule has 19 heavy (non-hydrogen) atoms. The summed E-state index contributed by atoms with van der Waals surface area (Å²) in [6.07, 6.45) is 0.758. The van der Waals surface area contributed by atoms with Crippen LogP contribution in [0, 0.1) is 0 Å². The fourth-order valence-corrected chi connectivity index (χ4v) is 3.73. The molecule has 0 N–H and O–H groups in total. The van der Waals surface area contributed by atoms with E-state index in [1.165, 1.54) is 15.0 Å². The maximum absolute atomic E-state index is 6.54. The first-order valence-electron chi connectivity index (χ1n) is 6.10. The summed E-state index contributed by atoms with van der Waals surface area (Å²) in [4.78, 5) is 1.20. The van der Waals surface area contributed by atoms with Gasteiger partial charge in [-0.2, -0.15) is 0 Å². The molecule has 0 aliphatic carbocycles. The number of hydrogen-bond donors (Lipinski definition) is 0. The van der Waals surface area contributed by atoms with Gasteiger partial charge < -0.3 is 0 Å². The minimum atomic E-state index is -0.0303. The minimum Gasteiger partial charge on any atom is -0.139 e. The van der Waals surface area contributed by atoms with Gasteiger partial charge in [-0.05, 0) is 35.6 Å². The van der Waals surface area contributed by atoms with Crippen molar-refractivity contribution in [2.24, 2.45) is 0 Å². The molecule has 1 unspecified atom stereocenters. The van der Waals surface area contributed by atoms with Crippen LogP contribution in [-0.2, 0) is 6.42 Å². The van der Waals surface area contributed by atoms with Crippen LogP contribution in [0.5, 0.6) is 0 Å². The van der Waals surface area contributed by atoms with Crippen LogP contribution in [0.1, 0.15) is 15.8 Å². The Morgan fingerprint density at radius 1 is 1.00 bits per heavy atom. The number of fused-ring (bicyclic) bond motifs is 1. The lowest BCUT2D eigenvalue weighted by atomic mass is 10.1. The molecule has 1 atom stereocenters. The zero-order chi connectivity index (χ0) is 13.2. The highest BCUT2D eigenvalue weighted by molar-refractivity contribution is 7.19. The Balaban J connectivity index is 1.87. The van der Waals surface area contributed by atoms with Crippen LogP contribution in [0.15, 0.2) is 54.6 Å². The zero-order valence-electron chi connectivity index (χ0n) is 10.1. The van der Waals surface area contributed by atoms with E-state index in [2.05, 4.69) is 30.3 Å². The molecule has 0 saturated heterocycles. The highest BCUT2D eigenvalue weighted by atomic mass is 35.5. The fraction of sp³-hybridized carbons (Fsp3) is 0.125.